The Labute approximate surface area is 404 Å². The molecule has 8 aromatic rings. The standard InChI is InChI=1S/C66H62N2/c1-5-21-59-51(13-1)17-9-25-63(59)67(64-26-10-18-52-14-2-6-22-60(52)64)57-41-35-47(36-42-57)29-31-49-33-39-56-46-50(34-40-55(56)45-49)32-30-48-37-43-58(44-38-48)68(65-27-11-19-53-15-3-7-23-61(53)65)66-28-12-20-54-16-4-8-24-62(54)66/h9-12,17-20,25-46H,1-8,13-16,21-24H2. The predicted molar refractivity (Wildman–Crippen MR) is 291 cm³/mol. The number of hydrogen-bond donors (Lipinski definition) is 0. The molecule has 0 heterocycles. The zero-order valence-corrected chi connectivity index (χ0v) is 39.5. The Morgan fingerprint density at radius 2 is 0.544 bits per heavy atom. The van der Waals surface area contributed by atoms with Gasteiger partial charge < -0.3 is 9.80 Å². The van der Waals surface area contributed by atoms with Gasteiger partial charge in [-0.15, -0.1) is 0 Å². The Balaban J connectivity index is 0.770. The number of rotatable bonds is 10. The van der Waals surface area contributed by atoms with Crippen molar-refractivity contribution in [2.75, 3.05) is 9.80 Å². The van der Waals surface area contributed by atoms with E-state index >= 15 is 0 Å². The summed E-state index contributed by atoms with van der Waals surface area (Å²) in [7, 11) is 0. The molecule has 0 fully saturated rings. The molecule has 4 aliphatic carbocycles. The van der Waals surface area contributed by atoms with Crippen molar-refractivity contribution in [3.05, 3.63) is 224 Å². The summed E-state index contributed by atoms with van der Waals surface area (Å²) >= 11 is 0. The van der Waals surface area contributed by atoms with Crippen LogP contribution in [-0.4, -0.2) is 0 Å². The maximum Gasteiger partial charge on any atom is 0.0496 e. The molecule has 0 aromatic heterocycles. The highest BCUT2D eigenvalue weighted by molar-refractivity contribution is 5.90. The predicted octanol–water partition coefficient (Wildman–Crippen LogP) is 17.6. The van der Waals surface area contributed by atoms with Crippen molar-refractivity contribution in [3.8, 4) is 0 Å². The van der Waals surface area contributed by atoms with E-state index < -0.39 is 0 Å². The van der Waals surface area contributed by atoms with E-state index in [2.05, 4.69) is 192 Å². The lowest BCUT2D eigenvalue weighted by Gasteiger charge is -2.33. The van der Waals surface area contributed by atoms with Gasteiger partial charge in [-0.1, -0.05) is 121 Å². The molecule has 0 unspecified atom stereocenters. The van der Waals surface area contributed by atoms with Crippen LogP contribution in [0.1, 0.15) is 118 Å². The van der Waals surface area contributed by atoms with E-state index in [0.717, 1.165) is 25.7 Å². The van der Waals surface area contributed by atoms with Crippen molar-refractivity contribution in [1.29, 1.82) is 0 Å². The van der Waals surface area contributed by atoms with Gasteiger partial charge in [-0.25, -0.2) is 0 Å². The molecule has 68 heavy (non-hydrogen) atoms. The number of nitrogens with zero attached hydrogens (tertiary/aromatic N) is 2. The third kappa shape index (κ3) is 8.51. The SMILES string of the molecule is C(=Cc1ccc2cc(C=Cc3ccc(N(c4cccc5c4CCCC5)c4cccc5c4CCCC5)cc3)ccc2c1)c1ccc(N(c2cccc3c2CCCC3)c2cccc3c2CCCC3)cc1. The molecule has 0 saturated carbocycles. The Bertz CT molecular complexity index is 2850. The van der Waals surface area contributed by atoms with Crippen LogP contribution >= 0.6 is 0 Å². The minimum Gasteiger partial charge on any atom is -0.310 e. The molecule has 0 spiro atoms. The van der Waals surface area contributed by atoms with Gasteiger partial charge in [0.15, 0.2) is 0 Å². The van der Waals surface area contributed by atoms with E-state index in [1.54, 1.807) is 0 Å². The topological polar surface area (TPSA) is 6.48 Å². The summed E-state index contributed by atoms with van der Waals surface area (Å²) in [5.74, 6) is 0. The van der Waals surface area contributed by atoms with Crippen molar-refractivity contribution in [2.24, 2.45) is 0 Å². The summed E-state index contributed by atoms with van der Waals surface area (Å²) < 4.78 is 0. The maximum atomic E-state index is 2.58. The third-order valence-electron chi connectivity index (χ3n) is 15.6. The molecular weight excluding hydrogens is 821 g/mol. The van der Waals surface area contributed by atoms with Crippen molar-refractivity contribution < 1.29 is 0 Å². The van der Waals surface area contributed by atoms with Crippen molar-refractivity contribution >= 4 is 69.2 Å². The number of aryl methyl sites for hydroxylation is 4. The molecule has 4 aliphatic rings. The highest BCUT2D eigenvalue weighted by atomic mass is 15.2. The second kappa shape index (κ2) is 19.0. The van der Waals surface area contributed by atoms with Crippen LogP contribution in [0.15, 0.2) is 158 Å². The fourth-order valence-corrected chi connectivity index (χ4v) is 12.0. The first kappa shape index (κ1) is 42.5. The highest BCUT2D eigenvalue weighted by Gasteiger charge is 2.26. The number of anilines is 6. The van der Waals surface area contributed by atoms with E-state index in [1.807, 2.05) is 0 Å². The van der Waals surface area contributed by atoms with E-state index in [-0.39, 0.29) is 0 Å². The van der Waals surface area contributed by atoms with Crippen LogP contribution in [0.5, 0.6) is 0 Å². The van der Waals surface area contributed by atoms with Gasteiger partial charge in [-0.3, -0.25) is 0 Å². The molecular formula is C66H62N2. The lowest BCUT2D eigenvalue weighted by Crippen LogP contribution is -2.18. The molecule has 12 rings (SSSR count). The van der Waals surface area contributed by atoms with Crippen LogP contribution in [0.2, 0.25) is 0 Å². The van der Waals surface area contributed by atoms with E-state index in [0.29, 0.717) is 0 Å². The van der Waals surface area contributed by atoms with Crippen LogP contribution in [-0.2, 0) is 51.4 Å². The van der Waals surface area contributed by atoms with Gasteiger partial charge in [0, 0.05) is 34.1 Å². The van der Waals surface area contributed by atoms with Crippen molar-refractivity contribution in [3.63, 3.8) is 0 Å². The van der Waals surface area contributed by atoms with Crippen LogP contribution in [0.3, 0.4) is 0 Å². The van der Waals surface area contributed by atoms with Crippen LogP contribution in [0, 0.1) is 0 Å². The summed E-state index contributed by atoms with van der Waals surface area (Å²) in [6.45, 7) is 0. The lowest BCUT2D eigenvalue weighted by atomic mass is 9.88. The van der Waals surface area contributed by atoms with Crippen LogP contribution in [0.25, 0.3) is 35.1 Å². The third-order valence-corrected chi connectivity index (χ3v) is 15.6. The quantitative estimate of drug-likeness (QED) is 0.126. The summed E-state index contributed by atoms with van der Waals surface area (Å²) in [6, 6.07) is 60.1. The Hall–Kier alpha value is -6.90. The minimum atomic E-state index is 1.16. The first-order valence-corrected chi connectivity index (χ1v) is 25.8. The summed E-state index contributed by atoms with van der Waals surface area (Å²) in [6.07, 6.45) is 28.6. The van der Waals surface area contributed by atoms with E-state index in [4.69, 9.17) is 0 Å². The number of fused-ring (bicyclic) bond motifs is 5. The molecule has 2 heteroatoms. The van der Waals surface area contributed by atoms with Crippen LogP contribution < -0.4 is 9.80 Å². The van der Waals surface area contributed by atoms with Gasteiger partial charge in [-0.05, 0) is 241 Å². The molecule has 0 N–H and O–H groups in total. The number of hydrogen-bond acceptors (Lipinski definition) is 2. The molecule has 0 aliphatic heterocycles. The Kier molecular flexibility index (Phi) is 11.9. The fraction of sp³-hybridized carbons (Fsp3) is 0.242. The summed E-state index contributed by atoms with van der Waals surface area (Å²) in [4.78, 5) is 5.15. The molecule has 8 aromatic carbocycles. The van der Waals surface area contributed by atoms with E-state index in [9.17, 15) is 0 Å². The lowest BCUT2D eigenvalue weighted by molar-refractivity contribution is 0.682. The first-order valence-electron chi connectivity index (χ1n) is 25.8. The van der Waals surface area contributed by atoms with Gasteiger partial charge in [0.05, 0.1) is 0 Å². The Morgan fingerprint density at radius 3 is 0.868 bits per heavy atom. The zero-order valence-electron chi connectivity index (χ0n) is 39.5. The monoisotopic (exact) mass is 882 g/mol. The highest BCUT2D eigenvalue weighted by Crippen LogP contribution is 2.45. The average Bonchev–Trinajstić information content (AvgIpc) is 3.41. The first-order chi connectivity index (χ1) is 33.7. The normalized spacial score (nSPS) is 15.5. The molecule has 0 saturated heterocycles. The second-order valence-corrected chi connectivity index (χ2v) is 19.9. The zero-order chi connectivity index (χ0) is 45.2. The molecule has 0 amide bonds. The summed E-state index contributed by atoms with van der Waals surface area (Å²) in [5.41, 5.74) is 25.0. The molecule has 2 nitrogen and oxygen atoms in total. The molecule has 0 radical (unpaired) electrons. The fourth-order valence-electron chi connectivity index (χ4n) is 12.0. The summed E-state index contributed by atoms with van der Waals surface area (Å²) in [5, 5.41) is 2.51. The molecule has 0 atom stereocenters. The van der Waals surface area contributed by atoms with Crippen molar-refractivity contribution in [2.45, 2.75) is 103 Å². The minimum absolute atomic E-state index is 1.16. The van der Waals surface area contributed by atoms with Gasteiger partial charge in [0.25, 0.3) is 0 Å². The van der Waals surface area contributed by atoms with Crippen LogP contribution in [0.4, 0.5) is 34.1 Å². The largest absolute Gasteiger partial charge is 0.310 e. The average molecular weight is 883 g/mol. The molecule has 336 valence electrons. The molecule has 0 bridgehead atoms. The number of benzene rings is 8. The van der Waals surface area contributed by atoms with Gasteiger partial charge in [-0.2, -0.15) is 0 Å². The van der Waals surface area contributed by atoms with Crippen molar-refractivity contribution in [1.82, 2.24) is 0 Å². The Morgan fingerprint density at radius 1 is 0.265 bits per heavy atom. The smallest absolute Gasteiger partial charge is 0.0496 e. The van der Waals surface area contributed by atoms with Gasteiger partial charge >= 0.3 is 0 Å². The van der Waals surface area contributed by atoms with E-state index in [1.165, 1.54) is 189 Å². The van der Waals surface area contributed by atoms with Gasteiger partial charge in [0.2, 0.25) is 0 Å². The second-order valence-electron chi connectivity index (χ2n) is 19.9. The van der Waals surface area contributed by atoms with Gasteiger partial charge in [0.1, 0.15) is 0 Å². The maximum absolute atomic E-state index is 2.58.